The van der Waals surface area contributed by atoms with E-state index in [9.17, 15) is 0 Å². The van der Waals surface area contributed by atoms with E-state index in [1.807, 2.05) is 0 Å². The zero-order valence-electron chi connectivity index (χ0n) is 12.9. The first-order valence-corrected chi connectivity index (χ1v) is 7.47. The molecule has 0 spiro atoms. The SMILES string of the molecule is CCNC(c1c(C)cc(C)cc1OC)C(C)C1CC1. The largest absolute Gasteiger partial charge is 0.496 e. The molecule has 1 aliphatic rings. The van der Waals surface area contributed by atoms with Gasteiger partial charge in [-0.15, -0.1) is 0 Å². The van der Waals surface area contributed by atoms with Gasteiger partial charge in [-0.05, 0) is 62.3 Å². The van der Waals surface area contributed by atoms with Crippen LogP contribution in [0.2, 0.25) is 0 Å². The smallest absolute Gasteiger partial charge is 0.124 e. The maximum absolute atomic E-state index is 5.64. The molecule has 0 saturated heterocycles. The number of methoxy groups -OCH3 is 1. The number of benzene rings is 1. The van der Waals surface area contributed by atoms with Crippen LogP contribution in [0.4, 0.5) is 0 Å². The molecule has 2 rings (SSSR count). The van der Waals surface area contributed by atoms with Crippen LogP contribution in [0.15, 0.2) is 12.1 Å². The molecule has 1 saturated carbocycles. The van der Waals surface area contributed by atoms with Crippen LogP contribution in [0.5, 0.6) is 5.75 Å². The predicted molar refractivity (Wildman–Crippen MR) is 80.8 cm³/mol. The minimum absolute atomic E-state index is 0.410. The van der Waals surface area contributed by atoms with Gasteiger partial charge in [-0.2, -0.15) is 0 Å². The fraction of sp³-hybridized carbons (Fsp3) is 0.647. The summed E-state index contributed by atoms with van der Waals surface area (Å²) in [6, 6.07) is 4.83. The highest BCUT2D eigenvalue weighted by Crippen LogP contribution is 2.45. The lowest BCUT2D eigenvalue weighted by atomic mass is 9.87. The Balaban J connectivity index is 2.39. The van der Waals surface area contributed by atoms with Crippen LogP contribution < -0.4 is 10.1 Å². The Morgan fingerprint density at radius 1 is 1.32 bits per heavy atom. The van der Waals surface area contributed by atoms with Gasteiger partial charge in [0.1, 0.15) is 5.75 Å². The molecule has 2 nitrogen and oxygen atoms in total. The second kappa shape index (κ2) is 5.96. The van der Waals surface area contributed by atoms with Gasteiger partial charge < -0.3 is 10.1 Å². The first kappa shape index (κ1) is 14.4. The lowest BCUT2D eigenvalue weighted by Crippen LogP contribution is -2.29. The Hall–Kier alpha value is -1.02. The van der Waals surface area contributed by atoms with E-state index in [0.717, 1.165) is 18.2 Å². The summed E-state index contributed by atoms with van der Waals surface area (Å²) >= 11 is 0. The van der Waals surface area contributed by atoms with Gasteiger partial charge in [0, 0.05) is 11.6 Å². The Labute approximate surface area is 117 Å². The Bertz CT molecular complexity index is 437. The minimum atomic E-state index is 0.410. The summed E-state index contributed by atoms with van der Waals surface area (Å²) in [4.78, 5) is 0. The highest BCUT2D eigenvalue weighted by Gasteiger charge is 2.35. The van der Waals surface area contributed by atoms with Crippen LogP contribution in [0.1, 0.15) is 49.4 Å². The van der Waals surface area contributed by atoms with Crippen molar-refractivity contribution < 1.29 is 4.74 Å². The van der Waals surface area contributed by atoms with Crippen molar-refractivity contribution in [1.29, 1.82) is 0 Å². The molecule has 2 unspecified atom stereocenters. The van der Waals surface area contributed by atoms with Crippen LogP contribution in [0.25, 0.3) is 0 Å². The molecule has 2 heteroatoms. The maximum Gasteiger partial charge on any atom is 0.124 e. The predicted octanol–water partition coefficient (Wildman–Crippen LogP) is 4.01. The van der Waals surface area contributed by atoms with Crippen molar-refractivity contribution >= 4 is 0 Å². The van der Waals surface area contributed by atoms with Crippen molar-refractivity contribution in [3.63, 3.8) is 0 Å². The molecule has 0 heterocycles. The standard InChI is InChI=1S/C17H27NO/c1-6-18-17(13(4)14-7-8-14)16-12(3)9-11(2)10-15(16)19-5/h9-10,13-14,17-18H,6-8H2,1-5H3. The summed E-state index contributed by atoms with van der Waals surface area (Å²) in [5.74, 6) is 2.60. The van der Waals surface area contributed by atoms with Crippen molar-refractivity contribution in [3.05, 3.63) is 28.8 Å². The maximum atomic E-state index is 5.64. The first-order chi connectivity index (χ1) is 9.08. The summed E-state index contributed by atoms with van der Waals surface area (Å²) in [7, 11) is 1.78. The van der Waals surface area contributed by atoms with Gasteiger partial charge in [-0.1, -0.05) is 19.9 Å². The summed E-state index contributed by atoms with van der Waals surface area (Å²) in [6.45, 7) is 9.89. The van der Waals surface area contributed by atoms with Crippen LogP contribution in [-0.2, 0) is 0 Å². The third kappa shape index (κ3) is 3.11. The van der Waals surface area contributed by atoms with Gasteiger partial charge in [-0.25, -0.2) is 0 Å². The van der Waals surface area contributed by atoms with E-state index in [4.69, 9.17) is 4.74 Å². The molecule has 1 N–H and O–H groups in total. The van der Waals surface area contributed by atoms with Crippen molar-refractivity contribution in [3.8, 4) is 5.75 Å². The third-order valence-corrected chi connectivity index (χ3v) is 4.34. The minimum Gasteiger partial charge on any atom is -0.496 e. The Kier molecular flexibility index (Phi) is 4.51. The molecule has 2 atom stereocenters. The molecule has 0 aromatic heterocycles. The van der Waals surface area contributed by atoms with Crippen LogP contribution >= 0.6 is 0 Å². The molecule has 1 aromatic carbocycles. The fourth-order valence-electron chi connectivity index (χ4n) is 3.17. The number of hydrogen-bond donors (Lipinski definition) is 1. The van der Waals surface area contributed by atoms with E-state index in [1.54, 1.807) is 7.11 Å². The van der Waals surface area contributed by atoms with E-state index in [1.165, 1.54) is 29.5 Å². The van der Waals surface area contributed by atoms with E-state index in [0.29, 0.717) is 12.0 Å². The summed E-state index contributed by atoms with van der Waals surface area (Å²) in [5, 5.41) is 3.68. The molecule has 0 amide bonds. The first-order valence-electron chi connectivity index (χ1n) is 7.47. The molecule has 106 valence electrons. The molecule has 0 radical (unpaired) electrons. The van der Waals surface area contributed by atoms with Crippen molar-refractivity contribution in [2.75, 3.05) is 13.7 Å². The zero-order valence-corrected chi connectivity index (χ0v) is 12.9. The average molecular weight is 261 g/mol. The number of rotatable bonds is 6. The van der Waals surface area contributed by atoms with Crippen LogP contribution in [0.3, 0.4) is 0 Å². The quantitative estimate of drug-likeness (QED) is 0.835. The topological polar surface area (TPSA) is 21.3 Å². The average Bonchev–Trinajstić information content (AvgIpc) is 3.19. The van der Waals surface area contributed by atoms with Gasteiger partial charge in [0.2, 0.25) is 0 Å². The van der Waals surface area contributed by atoms with Gasteiger partial charge in [0.25, 0.3) is 0 Å². The van der Waals surface area contributed by atoms with Gasteiger partial charge >= 0.3 is 0 Å². The molecule has 0 aliphatic heterocycles. The van der Waals surface area contributed by atoms with Crippen molar-refractivity contribution in [2.24, 2.45) is 11.8 Å². The molecular formula is C17H27NO. The molecule has 1 aliphatic carbocycles. The third-order valence-electron chi connectivity index (χ3n) is 4.34. The Morgan fingerprint density at radius 2 is 2.00 bits per heavy atom. The molecule has 19 heavy (non-hydrogen) atoms. The van der Waals surface area contributed by atoms with Gasteiger partial charge in [0.05, 0.1) is 7.11 Å². The second-order valence-electron chi connectivity index (χ2n) is 5.93. The summed E-state index contributed by atoms with van der Waals surface area (Å²) in [5.41, 5.74) is 3.97. The number of nitrogens with one attached hydrogen (secondary N) is 1. The van der Waals surface area contributed by atoms with Crippen molar-refractivity contribution in [1.82, 2.24) is 5.32 Å². The number of aryl methyl sites for hydroxylation is 2. The number of ether oxygens (including phenoxy) is 1. The molecule has 0 bridgehead atoms. The van der Waals surface area contributed by atoms with Gasteiger partial charge in [-0.3, -0.25) is 0 Å². The highest BCUT2D eigenvalue weighted by molar-refractivity contribution is 5.45. The Morgan fingerprint density at radius 3 is 2.53 bits per heavy atom. The highest BCUT2D eigenvalue weighted by atomic mass is 16.5. The number of hydrogen-bond acceptors (Lipinski definition) is 2. The van der Waals surface area contributed by atoms with E-state index in [-0.39, 0.29) is 0 Å². The zero-order chi connectivity index (χ0) is 14.0. The fourth-order valence-corrected chi connectivity index (χ4v) is 3.17. The normalized spacial score (nSPS) is 18.2. The van der Waals surface area contributed by atoms with Crippen LogP contribution in [0, 0.1) is 25.7 Å². The lowest BCUT2D eigenvalue weighted by Gasteiger charge is -2.28. The molecule has 1 aromatic rings. The monoisotopic (exact) mass is 261 g/mol. The summed E-state index contributed by atoms with van der Waals surface area (Å²) in [6.07, 6.45) is 2.77. The second-order valence-corrected chi connectivity index (χ2v) is 5.93. The van der Waals surface area contributed by atoms with E-state index in [2.05, 4.69) is 45.1 Å². The molecule has 1 fully saturated rings. The van der Waals surface area contributed by atoms with Crippen molar-refractivity contribution in [2.45, 2.75) is 46.6 Å². The molecular weight excluding hydrogens is 234 g/mol. The van der Waals surface area contributed by atoms with E-state index >= 15 is 0 Å². The van der Waals surface area contributed by atoms with Gasteiger partial charge in [0.15, 0.2) is 0 Å². The van der Waals surface area contributed by atoms with E-state index < -0.39 is 0 Å². The summed E-state index contributed by atoms with van der Waals surface area (Å²) < 4.78 is 5.64. The van der Waals surface area contributed by atoms with Crippen LogP contribution in [-0.4, -0.2) is 13.7 Å². The lowest BCUT2D eigenvalue weighted by molar-refractivity contribution is 0.335.